The van der Waals surface area contributed by atoms with Crippen LogP contribution >= 0.6 is 0 Å². The van der Waals surface area contributed by atoms with Gasteiger partial charge in [0.1, 0.15) is 22.9 Å². The maximum atomic E-state index is 13.8. The zero-order valence-electron chi connectivity index (χ0n) is 12.4. The molecule has 2 aromatic rings. The summed E-state index contributed by atoms with van der Waals surface area (Å²) in [6.07, 6.45) is 2.16. The molecule has 0 aliphatic carbocycles. The zero-order chi connectivity index (χ0) is 16.4. The number of anilines is 2. The van der Waals surface area contributed by atoms with E-state index in [4.69, 9.17) is 0 Å². The first-order chi connectivity index (χ1) is 11.1. The summed E-state index contributed by atoms with van der Waals surface area (Å²) in [5, 5.41) is 12.3. The van der Waals surface area contributed by atoms with E-state index in [1.165, 1.54) is 0 Å². The molecule has 3 rings (SSSR count). The van der Waals surface area contributed by atoms with Crippen molar-refractivity contribution >= 4 is 17.3 Å². The largest absolute Gasteiger partial charge is 0.507 e. The summed E-state index contributed by atoms with van der Waals surface area (Å²) >= 11 is 0. The van der Waals surface area contributed by atoms with Crippen LogP contribution in [0.2, 0.25) is 0 Å². The number of hydrogen-bond acceptors (Lipinski definition) is 3. The Bertz CT molecular complexity index is 720. The van der Waals surface area contributed by atoms with Gasteiger partial charge in [0, 0.05) is 25.2 Å². The van der Waals surface area contributed by atoms with Gasteiger partial charge in [0.15, 0.2) is 0 Å². The number of benzene rings is 2. The molecule has 0 bridgehead atoms. The molecule has 2 N–H and O–H groups in total. The summed E-state index contributed by atoms with van der Waals surface area (Å²) in [6, 6.07) is 8.49. The third-order valence-corrected chi connectivity index (χ3v) is 3.86. The predicted molar refractivity (Wildman–Crippen MR) is 83.9 cm³/mol. The van der Waals surface area contributed by atoms with Gasteiger partial charge in [-0.3, -0.25) is 4.79 Å². The normalized spacial score (nSPS) is 14.1. The van der Waals surface area contributed by atoms with E-state index in [0.29, 0.717) is 17.8 Å². The third kappa shape index (κ3) is 3.11. The predicted octanol–water partition coefficient (Wildman–Crippen LogP) is 3.52. The monoisotopic (exact) mass is 318 g/mol. The van der Waals surface area contributed by atoms with Crippen molar-refractivity contribution in [2.24, 2.45) is 0 Å². The molecule has 4 nitrogen and oxygen atoms in total. The lowest BCUT2D eigenvalue weighted by atomic mass is 10.1. The number of amides is 1. The van der Waals surface area contributed by atoms with Crippen molar-refractivity contribution in [1.29, 1.82) is 0 Å². The first kappa shape index (κ1) is 15.3. The molecule has 6 heteroatoms. The molecule has 0 aromatic heterocycles. The molecular formula is C17H16F2N2O2. The number of phenolic OH excluding ortho intramolecular Hbond substituents is 1. The van der Waals surface area contributed by atoms with Gasteiger partial charge < -0.3 is 15.3 Å². The minimum Gasteiger partial charge on any atom is -0.507 e. The second-order valence-corrected chi connectivity index (χ2v) is 5.45. The average Bonchev–Trinajstić information content (AvgIpc) is 3.00. The molecule has 1 heterocycles. The quantitative estimate of drug-likeness (QED) is 0.910. The van der Waals surface area contributed by atoms with Gasteiger partial charge in [-0.2, -0.15) is 0 Å². The molecule has 1 fully saturated rings. The van der Waals surface area contributed by atoms with Crippen LogP contribution in [0.25, 0.3) is 0 Å². The maximum Gasteiger partial charge on any atom is 0.262 e. The second kappa shape index (κ2) is 6.24. The van der Waals surface area contributed by atoms with Crippen LogP contribution in [0.5, 0.6) is 5.75 Å². The van der Waals surface area contributed by atoms with Crippen molar-refractivity contribution in [3.05, 3.63) is 53.6 Å². The molecule has 1 aliphatic heterocycles. The van der Waals surface area contributed by atoms with Gasteiger partial charge in [-0.15, -0.1) is 0 Å². The molecule has 1 aliphatic rings. The van der Waals surface area contributed by atoms with Gasteiger partial charge in [0.25, 0.3) is 5.91 Å². The summed E-state index contributed by atoms with van der Waals surface area (Å²) < 4.78 is 26.8. The van der Waals surface area contributed by atoms with Crippen LogP contribution in [0, 0.1) is 11.6 Å². The summed E-state index contributed by atoms with van der Waals surface area (Å²) in [7, 11) is 0. The number of hydrogen-bond donors (Lipinski definition) is 2. The van der Waals surface area contributed by atoms with E-state index in [1.807, 2.05) is 12.1 Å². The van der Waals surface area contributed by atoms with Crippen molar-refractivity contribution in [3.63, 3.8) is 0 Å². The Morgan fingerprint density at radius 3 is 2.52 bits per heavy atom. The molecule has 0 saturated carbocycles. The number of halogens is 2. The van der Waals surface area contributed by atoms with E-state index < -0.39 is 28.9 Å². The van der Waals surface area contributed by atoms with E-state index in [-0.39, 0.29) is 0 Å². The molecule has 0 unspecified atom stereocenters. The number of carbonyl (C=O) groups excluding carboxylic acids is 1. The molecule has 1 amide bonds. The number of phenols is 1. The van der Waals surface area contributed by atoms with Crippen LogP contribution in [-0.4, -0.2) is 24.1 Å². The number of aromatic hydroxyl groups is 1. The highest BCUT2D eigenvalue weighted by atomic mass is 19.1. The first-order valence-electron chi connectivity index (χ1n) is 7.39. The van der Waals surface area contributed by atoms with Crippen molar-refractivity contribution < 1.29 is 18.7 Å². The van der Waals surface area contributed by atoms with Crippen molar-refractivity contribution in [2.45, 2.75) is 12.8 Å². The van der Waals surface area contributed by atoms with Crippen LogP contribution in [0.1, 0.15) is 23.2 Å². The van der Waals surface area contributed by atoms with Crippen LogP contribution in [-0.2, 0) is 0 Å². The number of nitrogens with zero attached hydrogens (tertiary/aromatic N) is 1. The summed E-state index contributed by atoms with van der Waals surface area (Å²) in [5.41, 5.74) is 0.811. The maximum absolute atomic E-state index is 13.8. The minimum atomic E-state index is -1.10. The average molecular weight is 318 g/mol. The molecule has 0 atom stereocenters. The fraction of sp³-hybridized carbons (Fsp3) is 0.235. The number of carbonyl (C=O) groups is 1. The summed E-state index contributed by atoms with van der Waals surface area (Å²) in [6.45, 7) is 1.78. The van der Waals surface area contributed by atoms with Gasteiger partial charge in [0.2, 0.25) is 0 Å². The smallest absolute Gasteiger partial charge is 0.262 e. The lowest BCUT2D eigenvalue weighted by Crippen LogP contribution is -2.21. The highest BCUT2D eigenvalue weighted by molar-refractivity contribution is 6.07. The van der Waals surface area contributed by atoms with Crippen molar-refractivity contribution in [1.82, 2.24) is 0 Å². The van der Waals surface area contributed by atoms with E-state index in [1.54, 1.807) is 12.1 Å². The topological polar surface area (TPSA) is 52.6 Å². The summed E-state index contributed by atoms with van der Waals surface area (Å²) in [5.74, 6) is -3.57. The molecule has 1 saturated heterocycles. The van der Waals surface area contributed by atoms with Crippen molar-refractivity contribution in [2.75, 3.05) is 23.3 Å². The Morgan fingerprint density at radius 2 is 1.83 bits per heavy atom. The Kier molecular flexibility index (Phi) is 4.14. The van der Waals surface area contributed by atoms with Crippen LogP contribution < -0.4 is 10.2 Å². The molecule has 120 valence electrons. The molecule has 2 aromatic carbocycles. The lowest BCUT2D eigenvalue weighted by Gasteiger charge is -2.21. The highest BCUT2D eigenvalue weighted by Crippen LogP contribution is 2.30. The van der Waals surface area contributed by atoms with E-state index >= 15 is 0 Å². The number of rotatable bonds is 3. The van der Waals surface area contributed by atoms with E-state index in [0.717, 1.165) is 31.6 Å². The SMILES string of the molecule is O=C(Nc1ccccc1N1CCCC1)c1c(O)cc(F)cc1F. The Balaban J connectivity index is 1.89. The molecule has 23 heavy (non-hydrogen) atoms. The fourth-order valence-corrected chi connectivity index (χ4v) is 2.78. The zero-order valence-corrected chi connectivity index (χ0v) is 12.4. The highest BCUT2D eigenvalue weighted by Gasteiger charge is 2.21. The van der Waals surface area contributed by atoms with Gasteiger partial charge in [0.05, 0.1) is 11.4 Å². The van der Waals surface area contributed by atoms with E-state index in [9.17, 15) is 18.7 Å². The third-order valence-electron chi connectivity index (χ3n) is 3.86. The van der Waals surface area contributed by atoms with Gasteiger partial charge in [-0.25, -0.2) is 8.78 Å². The first-order valence-corrected chi connectivity index (χ1v) is 7.39. The van der Waals surface area contributed by atoms with Crippen LogP contribution in [0.3, 0.4) is 0 Å². The second-order valence-electron chi connectivity index (χ2n) is 5.45. The van der Waals surface area contributed by atoms with Crippen LogP contribution in [0.15, 0.2) is 36.4 Å². The summed E-state index contributed by atoms with van der Waals surface area (Å²) in [4.78, 5) is 14.4. The lowest BCUT2D eigenvalue weighted by molar-refractivity contribution is 0.102. The number of nitrogens with one attached hydrogen (secondary N) is 1. The van der Waals surface area contributed by atoms with Gasteiger partial charge in [-0.1, -0.05) is 12.1 Å². The van der Waals surface area contributed by atoms with E-state index in [2.05, 4.69) is 10.2 Å². The Labute approximate surface area is 132 Å². The fourth-order valence-electron chi connectivity index (χ4n) is 2.78. The minimum absolute atomic E-state index is 0.530. The van der Waals surface area contributed by atoms with Gasteiger partial charge in [-0.05, 0) is 25.0 Å². The molecule has 0 radical (unpaired) electrons. The van der Waals surface area contributed by atoms with Crippen molar-refractivity contribution in [3.8, 4) is 5.75 Å². The van der Waals surface area contributed by atoms with Crippen LogP contribution in [0.4, 0.5) is 20.2 Å². The Hall–Kier alpha value is -2.63. The standard InChI is InChI=1S/C17H16F2N2O2/c18-11-9-12(19)16(15(22)10-11)17(23)20-13-5-1-2-6-14(13)21-7-3-4-8-21/h1-2,5-6,9-10,22H,3-4,7-8H2,(H,20,23). The Morgan fingerprint density at radius 1 is 1.13 bits per heavy atom. The molecular weight excluding hydrogens is 302 g/mol. The molecule has 0 spiro atoms. The number of para-hydroxylation sites is 2. The van der Waals surface area contributed by atoms with Gasteiger partial charge >= 0.3 is 0 Å².